The number of hydrogen-bond acceptors (Lipinski definition) is 7. The van der Waals surface area contributed by atoms with E-state index in [2.05, 4.69) is 15.2 Å². The Morgan fingerprint density at radius 1 is 1.22 bits per heavy atom. The molecule has 2 aromatic heterocycles. The van der Waals surface area contributed by atoms with Crippen molar-refractivity contribution in [1.29, 1.82) is 0 Å². The standard InChI is InChI=1S/C21H22ClN3O5S2/c1-5-16(26)14-9-11(2)8-12(3)15(14)10-23-20(27)19-17(6-7-31-19)32(28,29)25-21-18(22)13(4)24-30-21/h6-9,25H,5,10H2,1-4H3,(H,23,27). The van der Waals surface area contributed by atoms with Gasteiger partial charge in [-0.15, -0.1) is 11.3 Å². The van der Waals surface area contributed by atoms with Crippen LogP contribution >= 0.6 is 22.9 Å². The summed E-state index contributed by atoms with van der Waals surface area (Å²) in [4.78, 5) is 25.0. The van der Waals surface area contributed by atoms with Crippen LogP contribution in [0.5, 0.6) is 0 Å². The third-order valence-electron chi connectivity index (χ3n) is 4.81. The summed E-state index contributed by atoms with van der Waals surface area (Å²) < 4.78 is 32.8. The molecular weight excluding hydrogens is 474 g/mol. The van der Waals surface area contributed by atoms with Crippen molar-refractivity contribution in [2.24, 2.45) is 0 Å². The van der Waals surface area contributed by atoms with Gasteiger partial charge in [-0.25, -0.2) is 13.1 Å². The fraction of sp³-hybridized carbons (Fsp3) is 0.286. The van der Waals surface area contributed by atoms with Gasteiger partial charge >= 0.3 is 0 Å². The number of hydrogen-bond donors (Lipinski definition) is 2. The van der Waals surface area contributed by atoms with Crippen LogP contribution < -0.4 is 10.0 Å². The average Bonchev–Trinajstić information content (AvgIpc) is 3.35. The zero-order valence-electron chi connectivity index (χ0n) is 17.9. The van der Waals surface area contributed by atoms with Gasteiger partial charge in [0.2, 0.25) is 0 Å². The molecule has 2 heterocycles. The Hall–Kier alpha value is -2.69. The zero-order chi connectivity index (χ0) is 23.6. The fourth-order valence-electron chi connectivity index (χ4n) is 3.19. The summed E-state index contributed by atoms with van der Waals surface area (Å²) >= 11 is 6.97. The van der Waals surface area contributed by atoms with E-state index in [-0.39, 0.29) is 33.0 Å². The van der Waals surface area contributed by atoms with Crippen molar-refractivity contribution < 1.29 is 22.5 Å². The Labute approximate surface area is 195 Å². The van der Waals surface area contributed by atoms with Gasteiger partial charge in [0, 0.05) is 18.5 Å². The Morgan fingerprint density at radius 3 is 2.56 bits per heavy atom. The van der Waals surface area contributed by atoms with Gasteiger partial charge in [0.1, 0.15) is 20.5 Å². The summed E-state index contributed by atoms with van der Waals surface area (Å²) in [5, 5.41) is 7.89. The molecule has 0 aliphatic rings. The Bertz CT molecular complexity index is 1290. The van der Waals surface area contributed by atoms with Crippen LogP contribution in [0.2, 0.25) is 5.02 Å². The molecule has 0 aliphatic carbocycles. The number of Topliss-reactive ketones (excluding diaryl/α,β-unsaturated/α-hetero) is 1. The number of aromatic nitrogens is 1. The maximum atomic E-state index is 12.9. The van der Waals surface area contributed by atoms with Crippen molar-refractivity contribution in [2.45, 2.75) is 45.6 Å². The number of ketones is 1. The van der Waals surface area contributed by atoms with Gasteiger partial charge in [-0.2, -0.15) is 0 Å². The molecule has 0 atom stereocenters. The van der Waals surface area contributed by atoms with Gasteiger partial charge in [0.25, 0.3) is 21.8 Å². The largest absolute Gasteiger partial charge is 0.347 e. The third-order valence-corrected chi connectivity index (χ3v) is 7.67. The predicted octanol–water partition coefficient (Wildman–Crippen LogP) is 4.64. The molecule has 3 aromatic rings. The molecule has 0 bridgehead atoms. The molecule has 0 saturated heterocycles. The minimum Gasteiger partial charge on any atom is -0.347 e. The molecule has 0 aliphatic heterocycles. The first-order chi connectivity index (χ1) is 15.0. The van der Waals surface area contributed by atoms with E-state index in [0.29, 0.717) is 23.2 Å². The van der Waals surface area contributed by atoms with E-state index < -0.39 is 15.9 Å². The Kier molecular flexibility index (Phi) is 7.06. The number of amides is 1. The lowest BCUT2D eigenvalue weighted by molar-refractivity contribution is 0.0946. The molecule has 0 radical (unpaired) electrons. The lowest BCUT2D eigenvalue weighted by atomic mass is 9.95. The Balaban J connectivity index is 1.84. The van der Waals surface area contributed by atoms with Crippen molar-refractivity contribution in [2.75, 3.05) is 4.72 Å². The van der Waals surface area contributed by atoms with Crippen LogP contribution in [-0.4, -0.2) is 25.3 Å². The summed E-state index contributed by atoms with van der Waals surface area (Å²) in [5.74, 6) is -0.821. The van der Waals surface area contributed by atoms with Gasteiger partial charge in [-0.3, -0.25) is 9.59 Å². The van der Waals surface area contributed by atoms with Gasteiger partial charge in [-0.05, 0) is 49.4 Å². The molecule has 3 rings (SSSR count). The van der Waals surface area contributed by atoms with Gasteiger partial charge in [0.05, 0.1) is 0 Å². The fourth-order valence-corrected chi connectivity index (χ4v) is 5.71. The molecule has 170 valence electrons. The maximum absolute atomic E-state index is 12.9. The molecule has 1 amide bonds. The van der Waals surface area contributed by atoms with Crippen LogP contribution in [0.25, 0.3) is 0 Å². The van der Waals surface area contributed by atoms with Crippen molar-refractivity contribution in [1.82, 2.24) is 10.5 Å². The molecule has 8 nitrogen and oxygen atoms in total. The number of sulfonamides is 1. The second-order valence-electron chi connectivity index (χ2n) is 7.20. The first-order valence-electron chi connectivity index (χ1n) is 9.68. The number of benzene rings is 1. The van der Waals surface area contributed by atoms with E-state index in [0.717, 1.165) is 22.5 Å². The minimum atomic E-state index is -4.15. The Morgan fingerprint density at radius 2 is 1.94 bits per heavy atom. The quantitative estimate of drug-likeness (QED) is 0.439. The monoisotopic (exact) mass is 495 g/mol. The minimum absolute atomic E-state index is 0.00186. The number of carbonyl (C=O) groups excluding carboxylic acids is 2. The lowest BCUT2D eigenvalue weighted by Gasteiger charge is -2.14. The lowest BCUT2D eigenvalue weighted by Crippen LogP contribution is -2.26. The van der Waals surface area contributed by atoms with Crippen molar-refractivity contribution >= 4 is 50.5 Å². The second-order valence-corrected chi connectivity index (χ2v) is 10.1. The third kappa shape index (κ3) is 4.87. The number of halogens is 1. The second kappa shape index (κ2) is 9.43. The van der Waals surface area contributed by atoms with Crippen LogP contribution in [0.4, 0.5) is 5.88 Å². The topological polar surface area (TPSA) is 118 Å². The highest BCUT2D eigenvalue weighted by molar-refractivity contribution is 7.93. The van der Waals surface area contributed by atoms with E-state index in [1.807, 2.05) is 19.9 Å². The summed E-state index contributed by atoms with van der Waals surface area (Å²) in [5.41, 5.74) is 3.42. The van der Waals surface area contributed by atoms with Crippen molar-refractivity contribution in [3.63, 3.8) is 0 Å². The van der Waals surface area contributed by atoms with Gasteiger partial charge < -0.3 is 9.84 Å². The average molecular weight is 496 g/mol. The number of aryl methyl sites for hydroxylation is 3. The highest BCUT2D eigenvalue weighted by Gasteiger charge is 2.27. The molecule has 2 N–H and O–H groups in total. The smallest absolute Gasteiger partial charge is 0.265 e. The number of rotatable bonds is 8. The van der Waals surface area contributed by atoms with E-state index in [4.69, 9.17) is 16.1 Å². The highest BCUT2D eigenvalue weighted by atomic mass is 35.5. The molecule has 0 saturated carbocycles. The van der Waals surface area contributed by atoms with E-state index in [1.54, 1.807) is 19.9 Å². The molecule has 0 spiro atoms. The molecule has 0 fully saturated rings. The SMILES string of the molecule is CCC(=O)c1cc(C)cc(C)c1CNC(=O)c1sccc1S(=O)(=O)Nc1onc(C)c1Cl. The predicted molar refractivity (Wildman–Crippen MR) is 123 cm³/mol. The molecule has 32 heavy (non-hydrogen) atoms. The van der Waals surface area contributed by atoms with E-state index in [1.165, 1.54) is 11.4 Å². The highest BCUT2D eigenvalue weighted by Crippen LogP contribution is 2.30. The summed E-state index contributed by atoms with van der Waals surface area (Å²) in [7, 11) is -4.15. The number of thiophene rings is 1. The number of nitrogens with zero attached hydrogens (tertiary/aromatic N) is 1. The number of anilines is 1. The van der Waals surface area contributed by atoms with Crippen LogP contribution in [0.15, 0.2) is 33.0 Å². The van der Waals surface area contributed by atoms with Crippen molar-refractivity contribution in [3.05, 3.63) is 61.4 Å². The summed E-state index contributed by atoms with van der Waals surface area (Å²) in [6.07, 6.45) is 0.340. The number of nitrogens with one attached hydrogen (secondary N) is 2. The molecule has 0 unspecified atom stereocenters. The summed E-state index contributed by atoms with van der Waals surface area (Å²) in [6.45, 7) is 7.21. The maximum Gasteiger partial charge on any atom is 0.265 e. The first kappa shape index (κ1) is 24.0. The molecule has 11 heteroatoms. The molecule has 1 aromatic carbocycles. The van der Waals surface area contributed by atoms with Crippen LogP contribution in [0.3, 0.4) is 0 Å². The summed E-state index contributed by atoms with van der Waals surface area (Å²) in [6, 6.07) is 5.05. The van der Waals surface area contributed by atoms with Crippen LogP contribution in [-0.2, 0) is 16.6 Å². The van der Waals surface area contributed by atoms with E-state index in [9.17, 15) is 18.0 Å². The number of carbonyl (C=O) groups is 2. The van der Waals surface area contributed by atoms with Gasteiger partial charge in [0.15, 0.2) is 5.78 Å². The normalized spacial score (nSPS) is 11.4. The first-order valence-corrected chi connectivity index (χ1v) is 12.4. The zero-order valence-corrected chi connectivity index (χ0v) is 20.3. The van der Waals surface area contributed by atoms with Crippen LogP contribution in [0, 0.1) is 20.8 Å². The molecular formula is C21H22ClN3O5S2. The van der Waals surface area contributed by atoms with Gasteiger partial charge in [-0.1, -0.05) is 35.3 Å². The van der Waals surface area contributed by atoms with E-state index >= 15 is 0 Å². The van der Waals surface area contributed by atoms with Crippen LogP contribution in [0.1, 0.15) is 55.8 Å². The van der Waals surface area contributed by atoms with Crippen molar-refractivity contribution in [3.8, 4) is 0 Å².